The predicted molar refractivity (Wildman–Crippen MR) is 104 cm³/mol. The highest BCUT2D eigenvalue weighted by Gasteiger charge is 2.26. The topological polar surface area (TPSA) is 65.4 Å². The summed E-state index contributed by atoms with van der Waals surface area (Å²) in [6.45, 7) is 3.51. The molecule has 1 heterocycles. The van der Waals surface area contributed by atoms with Gasteiger partial charge in [-0.2, -0.15) is 0 Å². The Morgan fingerprint density at radius 2 is 1.63 bits per heavy atom. The first-order valence-corrected chi connectivity index (χ1v) is 9.94. The SMILES string of the molecule is COC(=O)c1c(Cc2ccccc2)cn(S(=O)(=O)c2ccc(C)cc2)c1C. The number of rotatable bonds is 5. The molecule has 0 aliphatic carbocycles. The van der Waals surface area contributed by atoms with E-state index in [2.05, 4.69) is 0 Å². The molecule has 0 saturated heterocycles. The van der Waals surface area contributed by atoms with E-state index in [9.17, 15) is 13.2 Å². The summed E-state index contributed by atoms with van der Waals surface area (Å²) in [6, 6.07) is 16.2. The molecule has 0 N–H and O–H groups in total. The van der Waals surface area contributed by atoms with Gasteiger partial charge in [-0.25, -0.2) is 17.2 Å². The van der Waals surface area contributed by atoms with Gasteiger partial charge in [0.25, 0.3) is 10.0 Å². The van der Waals surface area contributed by atoms with E-state index >= 15 is 0 Å². The minimum Gasteiger partial charge on any atom is -0.465 e. The number of nitrogens with zero attached hydrogens (tertiary/aromatic N) is 1. The van der Waals surface area contributed by atoms with Gasteiger partial charge in [0.05, 0.1) is 17.6 Å². The van der Waals surface area contributed by atoms with Gasteiger partial charge in [0, 0.05) is 11.9 Å². The lowest BCUT2D eigenvalue weighted by atomic mass is 10.0. The molecule has 6 heteroatoms. The van der Waals surface area contributed by atoms with Crippen molar-refractivity contribution < 1.29 is 17.9 Å². The van der Waals surface area contributed by atoms with Crippen LogP contribution in [0.25, 0.3) is 0 Å². The first kappa shape index (κ1) is 18.9. The van der Waals surface area contributed by atoms with Gasteiger partial charge < -0.3 is 4.74 Å². The van der Waals surface area contributed by atoms with Gasteiger partial charge in [-0.05, 0) is 43.5 Å². The normalized spacial score (nSPS) is 11.4. The van der Waals surface area contributed by atoms with Crippen LogP contribution in [0.1, 0.15) is 32.7 Å². The summed E-state index contributed by atoms with van der Waals surface area (Å²) in [7, 11) is -2.52. The van der Waals surface area contributed by atoms with E-state index < -0.39 is 16.0 Å². The quantitative estimate of drug-likeness (QED) is 0.630. The maximum Gasteiger partial charge on any atom is 0.340 e. The zero-order valence-electron chi connectivity index (χ0n) is 15.5. The number of carbonyl (C=O) groups is 1. The summed E-state index contributed by atoms with van der Waals surface area (Å²) >= 11 is 0. The highest BCUT2D eigenvalue weighted by atomic mass is 32.2. The van der Waals surface area contributed by atoms with Gasteiger partial charge in [0.1, 0.15) is 0 Å². The lowest BCUT2D eigenvalue weighted by molar-refractivity contribution is 0.0599. The highest BCUT2D eigenvalue weighted by Crippen LogP contribution is 2.26. The molecule has 5 nitrogen and oxygen atoms in total. The fraction of sp³-hybridized carbons (Fsp3) is 0.190. The van der Waals surface area contributed by atoms with E-state index in [1.807, 2.05) is 37.3 Å². The molecule has 0 radical (unpaired) electrons. The van der Waals surface area contributed by atoms with Gasteiger partial charge >= 0.3 is 5.97 Å². The molecule has 0 amide bonds. The second-order valence-electron chi connectivity index (χ2n) is 6.38. The minimum atomic E-state index is -3.81. The van der Waals surface area contributed by atoms with E-state index in [4.69, 9.17) is 4.74 Å². The van der Waals surface area contributed by atoms with Crippen LogP contribution in [0.4, 0.5) is 0 Å². The smallest absolute Gasteiger partial charge is 0.340 e. The fourth-order valence-electron chi connectivity index (χ4n) is 3.05. The molecule has 1 aromatic heterocycles. The van der Waals surface area contributed by atoms with E-state index in [0.29, 0.717) is 17.7 Å². The van der Waals surface area contributed by atoms with E-state index in [1.165, 1.54) is 17.3 Å². The maximum atomic E-state index is 13.1. The zero-order chi connectivity index (χ0) is 19.6. The molecule has 0 aliphatic heterocycles. The van der Waals surface area contributed by atoms with Crippen LogP contribution in [0.5, 0.6) is 0 Å². The summed E-state index contributed by atoms with van der Waals surface area (Å²) in [4.78, 5) is 12.5. The fourth-order valence-corrected chi connectivity index (χ4v) is 4.47. The van der Waals surface area contributed by atoms with Gasteiger partial charge in [0.15, 0.2) is 0 Å². The number of aryl methyl sites for hydroxylation is 1. The first-order chi connectivity index (χ1) is 12.8. The third-order valence-corrected chi connectivity index (χ3v) is 6.26. The van der Waals surface area contributed by atoms with Crippen LogP contribution in [0.15, 0.2) is 65.7 Å². The van der Waals surface area contributed by atoms with E-state index in [-0.39, 0.29) is 10.5 Å². The first-order valence-electron chi connectivity index (χ1n) is 8.50. The summed E-state index contributed by atoms with van der Waals surface area (Å²) in [5.41, 5.74) is 3.19. The average molecular weight is 383 g/mol. The van der Waals surface area contributed by atoms with Crippen LogP contribution in [-0.4, -0.2) is 25.5 Å². The molecular weight excluding hydrogens is 362 g/mol. The molecule has 0 bridgehead atoms. The second kappa shape index (κ2) is 7.40. The van der Waals surface area contributed by atoms with Crippen LogP contribution in [0.2, 0.25) is 0 Å². The Bertz CT molecular complexity index is 1070. The Balaban J connectivity index is 2.14. The summed E-state index contributed by atoms with van der Waals surface area (Å²) in [6.07, 6.45) is 1.95. The lowest BCUT2D eigenvalue weighted by Crippen LogP contribution is -2.14. The number of ether oxygens (including phenoxy) is 1. The van der Waals surface area contributed by atoms with Gasteiger partial charge in [0.2, 0.25) is 0 Å². The van der Waals surface area contributed by atoms with Crippen LogP contribution in [-0.2, 0) is 21.2 Å². The number of benzene rings is 2. The molecule has 0 saturated carbocycles. The van der Waals surface area contributed by atoms with Crippen LogP contribution in [0.3, 0.4) is 0 Å². The number of hydrogen-bond donors (Lipinski definition) is 0. The predicted octanol–water partition coefficient (Wildman–Crippen LogP) is 3.72. The Kier molecular flexibility index (Phi) is 5.19. The Hall–Kier alpha value is -2.86. The standard InChI is InChI=1S/C21H21NO4S/c1-15-9-11-19(12-10-15)27(24,25)22-14-18(13-17-7-5-4-6-8-17)20(16(22)2)21(23)26-3/h4-12,14H,13H2,1-3H3. The lowest BCUT2D eigenvalue weighted by Gasteiger charge is -2.09. The van der Waals surface area contributed by atoms with Gasteiger partial charge in [-0.3, -0.25) is 0 Å². The molecule has 0 aliphatic rings. The molecule has 0 atom stereocenters. The Morgan fingerprint density at radius 1 is 1.00 bits per heavy atom. The van der Waals surface area contributed by atoms with Crippen LogP contribution in [0, 0.1) is 13.8 Å². The number of hydrogen-bond acceptors (Lipinski definition) is 4. The molecule has 3 rings (SSSR count). The Morgan fingerprint density at radius 3 is 2.22 bits per heavy atom. The largest absolute Gasteiger partial charge is 0.465 e. The van der Waals surface area contributed by atoms with E-state index in [1.54, 1.807) is 31.2 Å². The van der Waals surface area contributed by atoms with Crippen molar-refractivity contribution in [2.24, 2.45) is 0 Å². The van der Waals surface area contributed by atoms with Gasteiger partial charge in [-0.1, -0.05) is 48.0 Å². The van der Waals surface area contributed by atoms with Crippen LogP contribution >= 0.6 is 0 Å². The number of esters is 1. The molecule has 2 aromatic carbocycles. The molecule has 3 aromatic rings. The monoisotopic (exact) mass is 383 g/mol. The number of methoxy groups -OCH3 is 1. The molecule has 140 valence electrons. The molecule has 0 spiro atoms. The van der Waals surface area contributed by atoms with Crippen molar-refractivity contribution in [3.05, 3.63) is 88.7 Å². The molecule has 0 fully saturated rings. The van der Waals surface area contributed by atoms with Crippen molar-refractivity contribution in [1.82, 2.24) is 3.97 Å². The van der Waals surface area contributed by atoms with Crippen molar-refractivity contribution in [3.63, 3.8) is 0 Å². The van der Waals surface area contributed by atoms with E-state index in [0.717, 1.165) is 11.1 Å². The summed E-state index contributed by atoms with van der Waals surface area (Å²) in [5.74, 6) is -0.545. The van der Waals surface area contributed by atoms with Crippen molar-refractivity contribution in [1.29, 1.82) is 0 Å². The van der Waals surface area contributed by atoms with Crippen LogP contribution < -0.4 is 0 Å². The molecule has 27 heavy (non-hydrogen) atoms. The number of aromatic nitrogens is 1. The third-order valence-electron chi connectivity index (χ3n) is 4.49. The van der Waals surface area contributed by atoms with Crippen molar-refractivity contribution in [2.75, 3.05) is 7.11 Å². The number of carbonyl (C=O) groups excluding carboxylic acids is 1. The molecule has 0 unspecified atom stereocenters. The van der Waals surface area contributed by atoms with Crippen molar-refractivity contribution in [3.8, 4) is 0 Å². The summed E-state index contributed by atoms with van der Waals surface area (Å²) in [5, 5.41) is 0. The highest BCUT2D eigenvalue weighted by molar-refractivity contribution is 7.90. The maximum absolute atomic E-state index is 13.1. The molecular formula is C21H21NO4S. The summed E-state index contributed by atoms with van der Waals surface area (Å²) < 4.78 is 32.3. The van der Waals surface area contributed by atoms with Gasteiger partial charge in [-0.15, -0.1) is 0 Å². The average Bonchev–Trinajstić information content (AvgIpc) is 2.99. The van der Waals surface area contributed by atoms with Crippen molar-refractivity contribution >= 4 is 16.0 Å². The minimum absolute atomic E-state index is 0.175. The zero-order valence-corrected chi connectivity index (χ0v) is 16.3. The second-order valence-corrected chi connectivity index (χ2v) is 8.20. The Labute approximate surface area is 159 Å². The third kappa shape index (κ3) is 3.66. The van der Waals surface area contributed by atoms with Crippen molar-refractivity contribution in [2.45, 2.75) is 25.2 Å².